The van der Waals surface area contributed by atoms with Crippen LogP contribution in [0.25, 0.3) is 5.65 Å². The molecule has 0 saturated carbocycles. The summed E-state index contributed by atoms with van der Waals surface area (Å²) in [5.74, 6) is 0.114. The molecule has 6 heteroatoms. The summed E-state index contributed by atoms with van der Waals surface area (Å²) in [6, 6.07) is 10.7. The summed E-state index contributed by atoms with van der Waals surface area (Å²) >= 11 is 0. The van der Waals surface area contributed by atoms with Crippen molar-refractivity contribution < 1.29 is 9.59 Å². The Bertz CT molecular complexity index is 913. The molecule has 3 aromatic rings. The van der Waals surface area contributed by atoms with Crippen molar-refractivity contribution in [3.63, 3.8) is 0 Å². The number of anilines is 1. The second kappa shape index (κ2) is 6.84. The topological polar surface area (TPSA) is 76.4 Å². The maximum atomic E-state index is 12.6. The first-order valence-corrected chi connectivity index (χ1v) is 8.21. The average Bonchev–Trinajstić information content (AvgIpc) is 3.10. The van der Waals surface area contributed by atoms with E-state index in [0.717, 1.165) is 5.56 Å². The molecule has 25 heavy (non-hydrogen) atoms. The normalized spacial score (nSPS) is 12.3. The van der Waals surface area contributed by atoms with Gasteiger partial charge in [-0.25, -0.2) is 4.98 Å². The van der Waals surface area contributed by atoms with Gasteiger partial charge in [0.05, 0.1) is 12.1 Å². The highest BCUT2D eigenvalue weighted by Crippen LogP contribution is 2.20. The van der Waals surface area contributed by atoms with Crippen molar-refractivity contribution in [2.45, 2.75) is 26.7 Å². The molecule has 2 aromatic heterocycles. The third-order valence-corrected chi connectivity index (χ3v) is 4.15. The van der Waals surface area contributed by atoms with E-state index in [1.54, 1.807) is 41.2 Å². The van der Waals surface area contributed by atoms with E-state index in [1.807, 2.05) is 32.9 Å². The van der Waals surface area contributed by atoms with Crippen LogP contribution < -0.4 is 5.32 Å². The lowest BCUT2D eigenvalue weighted by atomic mass is 9.95. The van der Waals surface area contributed by atoms with Crippen LogP contribution in [-0.2, 0) is 4.79 Å². The van der Waals surface area contributed by atoms with E-state index in [4.69, 9.17) is 0 Å². The number of amides is 1. The molecule has 2 heterocycles. The monoisotopic (exact) mass is 336 g/mol. The van der Waals surface area contributed by atoms with Gasteiger partial charge < -0.3 is 5.32 Å². The summed E-state index contributed by atoms with van der Waals surface area (Å²) < 4.78 is 1.58. The SMILES string of the molecule is CC(C)C(=O)c1ccc([C@H](C)C(=O)Nc2ccnc3ccnn23)cc1. The number of benzene rings is 1. The summed E-state index contributed by atoms with van der Waals surface area (Å²) in [6.07, 6.45) is 3.26. The Morgan fingerprint density at radius 3 is 2.40 bits per heavy atom. The largest absolute Gasteiger partial charge is 0.310 e. The van der Waals surface area contributed by atoms with Crippen LogP contribution >= 0.6 is 0 Å². The number of hydrogen-bond donors (Lipinski definition) is 1. The van der Waals surface area contributed by atoms with Crippen LogP contribution in [0, 0.1) is 5.92 Å². The van der Waals surface area contributed by atoms with Gasteiger partial charge in [0.25, 0.3) is 0 Å². The minimum atomic E-state index is -0.359. The predicted octanol–water partition coefficient (Wildman–Crippen LogP) is 3.31. The van der Waals surface area contributed by atoms with Crippen LogP contribution in [0.4, 0.5) is 5.82 Å². The molecule has 1 N–H and O–H groups in total. The molecule has 128 valence electrons. The number of nitrogens with one attached hydrogen (secondary N) is 1. The Morgan fingerprint density at radius 1 is 1.00 bits per heavy atom. The Kier molecular flexibility index (Phi) is 4.61. The predicted molar refractivity (Wildman–Crippen MR) is 95.6 cm³/mol. The van der Waals surface area contributed by atoms with Gasteiger partial charge in [-0.1, -0.05) is 38.1 Å². The number of rotatable bonds is 5. The molecule has 0 unspecified atom stereocenters. The first-order chi connectivity index (χ1) is 12.0. The van der Waals surface area contributed by atoms with Gasteiger partial charge in [-0.3, -0.25) is 9.59 Å². The minimum Gasteiger partial charge on any atom is -0.310 e. The van der Waals surface area contributed by atoms with Gasteiger partial charge >= 0.3 is 0 Å². The highest BCUT2D eigenvalue weighted by molar-refractivity contribution is 5.98. The quantitative estimate of drug-likeness (QED) is 0.725. The molecular weight excluding hydrogens is 316 g/mol. The molecule has 1 aromatic carbocycles. The molecule has 0 radical (unpaired) electrons. The summed E-state index contributed by atoms with van der Waals surface area (Å²) in [6.45, 7) is 5.57. The van der Waals surface area contributed by atoms with Crippen LogP contribution in [0.3, 0.4) is 0 Å². The second-order valence-corrected chi connectivity index (χ2v) is 6.28. The summed E-state index contributed by atoms with van der Waals surface area (Å²) in [7, 11) is 0. The van der Waals surface area contributed by atoms with E-state index in [0.29, 0.717) is 17.0 Å². The van der Waals surface area contributed by atoms with E-state index in [2.05, 4.69) is 15.4 Å². The molecular formula is C19H20N4O2. The Labute approximate surface area is 145 Å². The standard InChI is InChI=1S/C19H20N4O2/c1-12(2)18(24)15-6-4-14(5-7-15)13(3)19(25)22-17-8-10-20-16-9-11-21-23(16)17/h4-13H,1-3H3,(H,22,25)/t13-/m0/s1. The highest BCUT2D eigenvalue weighted by atomic mass is 16.2. The van der Waals surface area contributed by atoms with Crippen LogP contribution in [0.2, 0.25) is 0 Å². The molecule has 0 aliphatic heterocycles. The lowest BCUT2D eigenvalue weighted by Crippen LogP contribution is -2.21. The molecule has 0 aliphatic carbocycles. The minimum absolute atomic E-state index is 0.0465. The van der Waals surface area contributed by atoms with Gasteiger partial charge in [-0.15, -0.1) is 0 Å². The van der Waals surface area contributed by atoms with E-state index in [9.17, 15) is 9.59 Å². The number of Topliss-reactive ketones (excluding diaryl/α,β-unsaturated/α-hetero) is 1. The maximum absolute atomic E-state index is 12.6. The van der Waals surface area contributed by atoms with Crippen molar-refractivity contribution in [2.75, 3.05) is 5.32 Å². The van der Waals surface area contributed by atoms with Crippen molar-refractivity contribution in [1.82, 2.24) is 14.6 Å². The number of ketones is 1. The molecule has 3 rings (SSSR count). The lowest BCUT2D eigenvalue weighted by Gasteiger charge is -2.14. The van der Waals surface area contributed by atoms with Crippen molar-refractivity contribution in [2.24, 2.45) is 5.92 Å². The van der Waals surface area contributed by atoms with Gasteiger partial charge in [0, 0.05) is 23.7 Å². The first kappa shape index (κ1) is 16.8. The molecule has 6 nitrogen and oxygen atoms in total. The molecule has 0 spiro atoms. The first-order valence-electron chi connectivity index (χ1n) is 8.21. The summed E-state index contributed by atoms with van der Waals surface area (Å²) in [5.41, 5.74) is 2.18. The number of fused-ring (bicyclic) bond motifs is 1. The maximum Gasteiger partial charge on any atom is 0.232 e. The van der Waals surface area contributed by atoms with Gasteiger partial charge in [0.2, 0.25) is 5.91 Å². The zero-order valence-corrected chi connectivity index (χ0v) is 14.4. The fraction of sp³-hybridized carbons (Fsp3) is 0.263. The Balaban J connectivity index is 1.76. The summed E-state index contributed by atoms with van der Waals surface area (Å²) in [4.78, 5) is 28.7. The smallest absolute Gasteiger partial charge is 0.232 e. The van der Waals surface area contributed by atoms with E-state index in [-0.39, 0.29) is 23.5 Å². The van der Waals surface area contributed by atoms with Gasteiger partial charge in [0.15, 0.2) is 11.4 Å². The molecule has 0 bridgehead atoms. The van der Waals surface area contributed by atoms with Crippen LogP contribution in [0.1, 0.15) is 42.6 Å². The van der Waals surface area contributed by atoms with Crippen LogP contribution in [-0.4, -0.2) is 26.3 Å². The van der Waals surface area contributed by atoms with E-state index in [1.165, 1.54) is 0 Å². The number of carbonyl (C=O) groups is 2. The van der Waals surface area contributed by atoms with Crippen LogP contribution in [0.15, 0.2) is 48.8 Å². The van der Waals surface area contributed by atoms with Gasteiger partial charge in [-0.05, 0) is 18.6 Å². The molecule has 0 saturated heterocycles. The number of hydrogen-bond acceptors (Lipinski definition) is 4. The van der Waals surface area contributed by atoms with Gasteiger partial charge in [-0.2, -0.15) is 9.61 Å². The van der Waals surface area contributed by atoms with Gasteiger partial charge in [0.1, 0.15) is 5.82 Å². The number of aromatic nitrogens is 3. The average molecular weight is 336 g/mol. The lowest BCUT2D eigenvalue weighted by molar-refractivity contribution is -0.117. The van der Waals surface area contributed by atoms with E-state index < -0.39 is 0 Å². The zero-order valence-electron chi connectivity index (χ0n) is 14.4. The Morgan fingerprint density at radius 2 is 1.72 bits per heavy atom. The number of nitrogens with zero attached hydrogens (tertiary/aromatic N) is 3. The third-order valence-electron chi connectivity index (χ3n) is 4.15. The number of carbonyl (C=O) groups excluding carboxylic acids is 2. The second-order valence-electron chi connectivity index (χ2n) is 6.28. The molecule has 1 atom stereocenters. The van der Waals surface area contributed by atoms with Crippen molar-refractivity contribution in [3.8, 4) is 0 Å². The molecule has 0 fully saturated rings. The van der Waals surface area contributed by atoms with Crippen LogP contribution in [0.5, 0.6) is 0 Å². The van der Waals surface area contributed by atoms with Crippen molar-refractivity contribution in [3.05, 3.63) is 59.9 Å². The zero-order chi connectivity index (χ0) is 18.0. The highest BCUT2D eigenvalue weighted by Gasteiger charge is 2.18. The summed E-state index contributed by atoms with van der Waals surface area (Å²) in [5, 5.41) is 7.03. The van der Waals surface area contributed by atoms with Crippen molar-refractivity contribution >= 4 is 23.2 Å². The fourth-order valence-electron chi connectivity index (χ4n) is 2.58. The van der Waals surface area contributed by atoms with Crippen molar-refractivity contribution in [1.29, 1.82) is 0 Å². The van der Waals surface area contributed by atoms with E-state index >= 15 is 0 Å². The molecule has 1 amide bonds. The third kappa shape index (κ3) is 3.42. The fourth-order valence-corrected chi connectivity index (χ4v) is 2.58. The Hall–Kier alpha value is -3.02. The molecule has 0 aliphatic rings.